The third kappa shape index (κ3) is 2.72. The van der Waals surface area contributed by atoms with E-state index in [4.69, 9.17) is 9.40 Å². The number of furan rings is 1. The smallest absolute Gasteiger partial charge is 0.260 e. The van der Waals surface area contributed by atoms with E-state index in [1.165, 1.54) is 34.0 Å². The number of hydrogen-bond donors (Lipinski definition) is 2. The zero-order valence-corrected chi connectivity index (χ0v) is 15.7. The van der Waals surface area contributed by atoms with Crippen molar-refractivity contribution in [3.8, 4) is 11.3 Å². The second-order valence-electron chi connectivity index (χ2n) is 6.61. The Morgan fingerprint density at radius 3 is 3.08 bits per heavy atom. The number of aromatic nitrogens is 2. The lowest BCUT2D eigenvalue weighted by Gasteiger charge is -2.19. The highest BCUT2D eigenvalue weighted by Gasteiger charge is 2.31. The average molecular weight is 385 g/mol. The molecule has 1 unspecified atom stereocenters. The van der Waals surface area contributed by atoms with Gasteiger partial charge in [0.05, 0.1) is 23.1 Å². The molecule has 5 nitrogen and oxygen atoms in total. The van der Waals surface area contributed by atoms with Crippen LogP contribution in [0.2, 0.25) is 0 Å². The van der Waals surface area contributed by atoms with E-state index in [-0.39, 0.29) is 5.56 Å². The van der Waals surface area contributed by atoms with Gasteiger partial charge in [-0.2, -0.15) is 0 Å². The van der Waals surface area contributed by atoms with Gasteiger partial charge in [0, 0.05) is 23.8 Å². The van der Waals surface area contributed by atoms with Gasteiger partial charge < -0.3 is 14.3 Å². The van der Waals surface area contributed by atoms with Crippen molar-refractivity contribution in [1.82, 2.24) is 9.97 Å². The molecule has 5 rings (SSSR count). The van der Waals surface area contributed by atoms with Gasteiger partial charge in [-0.15, -0.1) is 22.7 Å². The zero-order valence-electron chi connectivity index (χ0n) is 14.0. The molecular weight excluding hydrogens is 366 g/mol. The first kappa shape index (κ1) is 16.0. The summed E-state index contributed by atoms with van der Waals surface area (Å²) in [5, 5.41) is 4.71. The minimum atomic E-state index is -0.0797. The maximum absolute atomic E-state index is 12.7. The molecule has 2 atom stereocenters. The van der Waals surface area contributed by atoms with Crippen LogP contribution in [0.15, 0.2) is 50.5 Å². The molecule has 4 aromatic heterocycles. The Morgan fingerprint density at radius 2 is 2.27 bits per heavy atom. The van der Waals surface area contributed by atoms with Gasteiger partial charge in [-0.05, 0) is 23.6 Å². The van der Waals surface area contributed by atoms with Crippen LogP contribution in [0.4, 0.5) is 0 Å². The summed E-state index contributed by atoms with van der Waals surface area (Å²) in [7, 11) is 0. The summed E-state index contributed by atoms with van der Waals surface area (Å²) in [5.74, 6) is 1.48. The number of thiophene rings is 2. The van der Waals surface area contributed by atoms with Crippen molar-refractivity contribution in [3.05, 3.63) is 62.3 Å². The summed E-state index contributed by atoms with van der Waals surface area (Å²) >= 11 is 3.32. The number of H-pyrrole nitrogens is 1. The molecule has 4 aromatic rings. The van der Waals surface area contributed by atoms with Crippen LogP contribution in [0.5, 0.6) is 0 Å². The van der Waals surface area contributed by atoms with Crippen molar-refractivity contribution < 1.29 is 9.32 Å². The Bertz CT molecular complexity index is 1080. The van der Waals surface area contributed by atoms with Crippen LogP contribution in [-0.2, 0) is 6.54 Å². The molecule has 0 saturated carbocycles. The molecule has 26 heavy (non-hydrogen) atoms. The molecule has 5 heterocycles. The molecule has 1 aliphatic rings. The van der Waals surface area contributed by atoms with Gasteiger partial charge in [-0.25, -0.2) is 4.98 Å². The second-order valence-corrected chi connectivity index (χ2v) is 8.45. The lowest BCUT2D eigenvalue weighted by atomic mass is 10.2. The van der Waals surface area contributed by atoms with Crippen molar-refractivity contribution in [1.29, 1.82) is 0 Å². The molecule has 0 aromatic carbocycles. The Kier molecular flexibility index (Phi) is 4.00. The third-order valence-electron chi connectivity index (χ3n) is 5.04. The van der Waals surface area contributed by atoms with Crippen molar-refractivity contribution >= 4 is 32.9 Å². The van der Waals surface area contributed by atoms with Crippen molar-refractivity contribution in [2.75, 3.05) is 6.54 Å². The Balaban J connectivity index is 1.48. The van der Waals surface area contributed by atoms with Crippen LogP contribution in [-0.4, -0.2) is 16.5 Å². The quantitative estimate of drug-likeness (QED) is 0.568. The molecule has 0 amide bonds. The van der Waals surface area contributed by atoms with E-state index >= 15 is 0 Å². The first-order valence-corrected chi connectivity index (χ1v) is 10.5. The van der Waals surface area contributed by atoms with Crippen LogP contribution >= 0.6 is 22.7 Å². The van der Waals surface area contributed by atoms with E-state index in [9.17, 15) is 4.79 Å². The largest absolute Gasteiger partial charge is 0.464 e. The first-order valence-electron chi connectivity index (χ1n) is 8.72. The highest BCUT2D eigenvalue weighted by Crippen LogP contribution is 2.31. The van der Waals surface area contributed by atoms with Gasteiger partial charge in [0.15, 0.2) is 5.82 Å². The lowest BCUT2D eigenvalue weighted by Crippen LogP contribution is -3.09. The second kappa shape index (κ2) is 6.50. The monoisotopic (exact) mass is 384 g/mol. The number of quaternary nitrogens is 1. The molecule has 0 spiro atoms. The third-order valence-corrected chi connectivity index (χ3v) is 6.90. The molecule has 1 saturated heterocycles. The average Bonchev–Trinajstić information content (AvgIpc) is 3.41. The van der Waals surface area contributed by atoms with E-state index in [2.05, 4.69) is 22.5 Å². The zero-order chi connectivity index (χ0) is 17.5. The van der Waals surface area contributed by atoms with E-state index in [0.29, 0.717) is 17.2 Å². The molecule has 132 valence electrons. The van der Waals surface area contributed by atoms with Crippen LogP contribution < -0.4 is 10.5 Å². The number of hydrogen-bond acceptors (Lipinski definition) is 5. The fraction of sp³-hybridized carbons (Fsp3) is 0.263. The number of fused-ring (bicyclic) bond motifs is 1. The van der Waals surface area contributed by atoms with Gasteiger partial charge >= 0.3 is 0 Å². The number of nitrogens with zero attached hydrogens (tertiary/aromatic N) is 1. The minimum Gasteiger partial charge on any atom is -0.464 e. The normalized spacial score (nSPS) is 20.2. The van der Waals surface area contributed by atoms with Gasteiger partial charge in [0.25, 0.3) is 5.56 Å². The highest BCUT2D eigenvalue weighted by atomic mass is 32.1. The van der Waals surface area contributed by atoms with E-state index in [0.717, 1.165) is 29.3 Å². The first-order chi connectivity index (χ1) is 12.8. The van der Waals surface area contributed by atoms with Gasteiger partial charge in [0.1, 0.15) is 23.2 Å². The number of rotatable bonds is 4. The molecular formula is C19H18N3O2S2+. The summed E-state index contributed by atoms with van der Waals surface area (Å²) in [6.07, 6.45) is 4.03. The standard InChI is InChI=1S/C19H17N3O2S2/c23-18-17-12(14-5-2-8-24-14)11-26-19(17)21-16(20-18)10-22-7-1-4-13(22)15-6-3-9-25-15/h2-3,5-6,8-9,11,13H,1,4,7,10H2,(H,20,21,23)/p+1/t13-/m1/s1. The maximum atomic E-state index is 12.7. The number of likely N-dealkylation sites (tertiary alicyclic amines) is 1. The molecule has 1 aliphatic heterocycles. The van der Waals surface area contributed by atoms with Crippen LogP contribution in [0.3, 0.4) is 0 Å². The summed E-state index contributed by atoms with van der Waals surface area (Å²) in [6, 6.07) is 8.54. The van der Waals surface area contributed by atoms with Crippen LogP contribution in [0.25, 0.3) is 21.5 Å². The summed E-state index contributed by atoms with van der Waals surface area (Å²) < 4.78 is 5.46. The Labute approximate surface area is 157 Å². The van der Waals surface area contributed by atoms with Crippen LogP contribution in [0, 0.1) is 0 Å². The van der Waals surface area contributed by atoms with Gasteiger partial charge in [-0.1, -0.05) is 6.07 Å². The lowest BCUT2D eigenvalue weighted by molar-refractivity contribution is -0.932. The Hall–Kier alpha value is -2.22. The van der Waals surface area contributed by atoms with Crippen molar-refractivity contribution in [2.24, 2.45) is 0 Å². The minimum absolute atomic E-state index is 0.0797. The predicted molar refractivity (Wildman–Crippen MR) is 104 cm³/mol. The number of aromatic amines is 1. The SMILES string of the molecule is O=c1[nH]c(C[NH+]2CCC[C@@H]2c2cccs2)nc2scc(-c3ccco3)c12. The van der Waals surface area contributed by atoms with Crippen molar-refractivity contribution in [2.45, 2.75) is 25.4 Å². The molecule has 0 aliphatic carbocycles. The molecule has 0 bridgehead atoms. The maximum Gasteiger partial charge on any atom is 0.260 e. The fourth-order valence-electron chi connectivity index (χ4n) is 3.86. The van der Waals surface area contributed by atoms with Gasteiger partial charge in [-0.3, -0.25) is 4.79 Å². The van der Waals surface area contributed by atoms with Crippen molar-refractivity contribution in [3.63, 3.8) is 0 Å². The van der Waals surface area contributed by atoms with E-state index in [1.54, 1.807) is 6.26 Å². The molecule has 2 N–H and O–H groups in total. The topological polar surface area (TPSA) is 63.3 Å². The fourth-order valence-corrected chi connectivity index (χ4v) is 5.73. The van der Waals surface area contributed by atoms with Crippen LogP contribution in [0.1, 0.15) is 29.6 Å². The highest BCUT2D eigenvalue weighted by molar-refractivity contribution is 7.17. The Morgan fingerprint density at radius 1 is 1.31 bits per heavy atom. The predicted octanol–water partition coefficient (Wildman–Crippen LogP) is 3.23. The summed E-state index contributed by atoms with van der Waals surface area (Å²) in [6.45, 7) is 1.87. The molecule has 0 radical (unpaired) electrons. The molecule has 1 fully saturated rings. The number of nitrogens with one attached hydrogen (secondary N) is 2. The summed E-state index contributed by atoms with van der Waals surface area (Å²) in [4.78, 5) is 24.2. The van der Waals surface area contributed by atoms with Gasteiger partial charge in [0.2, 0.25) is 0 Å². The van der Waals surface area contributed by atoms with E-state index in [1.807, 2.05) is 28.8 Å². The molecule has 7 heteroatoms. The summed E-state index contributed by atoms with van der Waals surface area (Å²) in [5.41, 5.74) is 0.740. The van der Waals surface area contributed by atoms with E-state index < -0.39 is 0 Å².